The van der Waals surface area contributed by atoms with Crippen LogP contribution in [0.1, 0.15) is 27.5 Å². The Bertz CT molecular complexity index is 829. The summed E-state index contributed by atoms with van der Waals surface area (Å²) >= 11 is 0. The van der Waals surface area contributed by atoms with Gasteiger partial charge in [0.25, 0.3) is 0 Å². The molecule has 3 N–H and O–H groups in total. The Kier molecular flexibility index (Phi) is 3.35. The molecule has 2 aliphatic rings. The van der Waals surface area contributed by atoms with Crippen LogP contribution in [0.25, 0.3) is 0 Å². The summed E-state index contributed by atoms with van der Waals surface area (Å²) < 4.78 is 44.7. The molecule has 130 valence electrons. The standard InChI is InChI=1S/C17H22N2O5/c1-19(2)9-7-11-10-18-13-4-3-8-17(24,15(11)13)12(16(22)23)5-6-14(20)21/h3-4,8,10,12,24H,5-7,9H2,1-2H3,(H,20,21)(H,22,23)/i1D3,2D3. The van der Waals surface area contributed by atoms with E-state index in [2.05, 4.69) is 4.99 Å². The molecule has 24 heavy (non-hydrogen) atoms. The summed E-state index contributed by atoms with van der Waals surface area (Å²) in [4.78, 5) is 27.2. The average Bonchev–Trinajstić information content (AvgIpc) is 2.96. The number of aliphatic imine (C=N–C) groups is 1. The Labute approximate surface area is 148 Å². The summed E-state index contributed by atoms with van der Waals surface area (Å²) in [5, 5.41) is 29.8. The molecule has 0 saturated heterocycles. The van der Waals surface area contributed by atoms with Crippen molar-refractivity contribution in [1.82, 2.24) is 4.90 Å². The smallest absolute Gasteiger partial charge is 0.310 e. The Morgan fingerprint density at radius 3 is 2.79 bits per heavy atom. The van der Waals surface area contributed by atoms with Gasteiger partial charge >= 0.3 is 11.9 Å². The molecule has 0 spiro atoms. The van der Waals surface area contributed by atoms with Gasteiger partial charge in [-0.2, -0.15) is 0 Å². The van der Waals surface area contributed by atoms with Gasteiger partial charge in [-0.1, -0.05) is 6.08 Å². The first-order valence-corrected chi connectivity index (χ1v) is 7.30. The predicted octanol–water partition coefficient (Wildman–Crippen LogP) is 1.07. The second kappa shape index (κ2) is 7.11. The molecule has 0 aromatic heterocycles. The average molecular weight is 340 g/mol. The number of hydrogen-bond acceptors (Lipinski definition) is 5. The van der Waals surface area contributed by atoms with Gasteiger partial charge < -0.3 is 20.2 Å². The molecule has 2 rings (SSSR count). The molecule has 2 atom stereocenters. The molecule has 1 aliphatic heterocycles. The molecule has 0 amide bonds. The summed E-state index contributed by atoms with van der Waals surface area (Å²) in [6.07, 6.45) is 4.52. The number of fused-ring (bicyclic) bond motifs is 1. The van der Waals surface area contributed by atoms with Gasteiger partial charge in [-0.15, -0.1) is 0 Å². The highest BCUT2D eigenvalue weighted by Crippen LogP contribution is 2.42. The van der Waals surface area contributed by atoms with Gasteiger partial charge in [0, 0.05) is 33.0 Å². The first-order valence-electron chi connectivity index (χ1n) is 10.3. The van der Waals surface area contributed by atoms with Crippen molar-refractivity contribution in [2.45, 2.75) is 24.9 Å². The summed E-state index contributed by atoms with van der Waals surface area (Å²) in [6.45, 7) is -6.20. The molecular formula is C17H22N2O5. The van der Waals surface area contributed by atoms with E-state index in [4.69, 9.17) is 13.3 Å². The largest absolute Gasteiger partial charge is 0.481 e. The number of allylic oxidation sites excluding steroid dienone is 2. The predicted molar refractivity (Wildman–Crippen MR) is 88.9 cm³/mol. The number of carboxylic acids is 2. The third-order valence-electron chi connectivity index (χ3n) is 4.02. The maximum atomic E-state index is 11.8. The van der Waals surface area contributed by atoms with Crippen molar-refractivity contribution in [1.29, 1.82) is 0 Å². The second-order valence-corrected chi connectivity index (χ2v) is 5.62. The Morgan fingerprint density at radius 2 is 2.17 bits per heavy atom. The van der Waals surface area contributed by atoms with Gasteiger partial charge in [0.15, 0.2) is 0 Å². The molecular weight excluding hydrogens is 312 g/mol. The fraction of sp³-hybridized carbons (Fsp3) is 0.471. The number of rotatable bonds is 8. The number of aliphatic carboxylic acids is 2. The number of nitrogens with zero attached hydrogens (tertiary/aromatic N) is 2. The Balaban J connectivity index is 2.40. The van der Waals surface area contributed by atoms with Crippen LogP contribution in [0.4, 0.5) is 0 Å². The molecule has 0 bridgehead atoms. The van der Waals surface area contributed by atoms with Crippen LogP contribution in [0.5, 0.6) is 0 Å². The molecule has 7 heteroatoms. The van der Waals surface area contributed by atoms with Crippen molar-refractivity contribution in [2.24, 2.45) is 10.9 Å². The second-order valence-electron chi connectivity index (χ2n) is 5.62. The van der Waals surface area contributed by atoms with Gasteiger partial charge in [0.1, 0.15) is 5.60 Å². The van der Waals surface area contributed by atoms with Gasteiger partial charge in [-0.3, -0.25) is 14.6 Å². The van der Waals surface area contributed by atoms with E-state index >= 15 is 0 Å². The van der Waals surface area contributed by atoms with Crippen molar-refractivity contribution in [2.75, 3.05) is 20.5 Å². The summed E-state index contributed by atoms with van der Waals surface area (Å²) in [5.74, 6) is -4.13. The third-order valence-corrected chi connectivity index (χ3v) is 4.02. The highest BCUT2D eigenvalue weighted by Gasteiger charge is 2.47. The summed E-state index contributed by atoms with van der Waals surface area (Å²) in [5.41, 5.74) is -1.43. The minimum atomic E-state index is -2.89. The lowest BCUT2D eigenvalue weighted by Crippen LogP contribution is -2.44. The Hall–Kier alpha value is -2.25. The van der Waals surface area contributed by atoms with E-state index in [-0.39, 0.29) is 29.7 Å². The number of aliphatic hydroxyl groups is 1. The molecule has 7 nitrogen and oxygen atoms in total. The quantitative estimate of drug-likeness (QED) is 0.609. The number of carbonyl (C=O) groups is 2. The zero-order valence-electron chi connectivity index (χ0n) is 18.8. The van der Waals surface area contributed by atoms with E-state index in [1.165, 1.54) is 24.4 Å². The third kappa shape index (κ3) is 3.63. The SMILES string of the molecule is [2H]C([2H])([2H])N(CCC1=C2C(=CC=CC2(O)C(CCC(=O)O)C(=O)O)N=C1)C([2H])([2H])[2H]. The van der Waals surface area contributed by atoms with Crippen LogP contribution >= 0.6 is 0 Å². The molecule has 0 fully saturated rings. The van der Waals surface area contributed by atoms with E-state index in [9.17, 15) is 19.8 Å². The van der Waals surface area contributed by atoms with Crippen molar-refractivity contribution in [3.8, 4) is 0 Å². The maximum absolute atomic E-state index is 11.8. The minimum absolute atomic E-state index is 0.110. The highest BCUT2D eigenvalue weighted by molar-refractivity contribution is 5.89. The van der Waals surface area contributed by atoms with Crippen LogP contribution in [0, 0.1) is 5.92 Å². The fourth-order valence-corrected chi connectivity index (χ4v) is 2.91. The number of carboxylic acid groups (broad SMARTS) is 2. The zero-order chi connectivity index (χ0) is 22.9. The fourth-order valence-electron chi connectivity index (χ4n) is 2.91. The van der Waals surface area contributed by atoms with Crippen molar-refractivity contribution < 1.29 is 33.1 Å². The lowest BCUT2D eigenvalue weighted by molar-refractivity contribution is -0.148. The monoisotopic (exact) mass is 340 g/mol. The first-order chi connectivity index (χ1) is 13.7. The van der Waals surface area contributed by atoms with Crippen molar-refractivity contribution >= 4 is 18.2 Å². The number of hydrogen-bond donors (Lipinski definition) is 3. The highest BCUT2D eigenvalue weighted by atomic mass is 16.4. The van der Waals surface area contributed by atoms with Crippen LogP contribution in [0.2, 0.25) is 0 Å². The molecule has 2 unspecified atom stereocenters. The molecule has 0 aromatic carbocycles. The van der Waals surface area contributed by atoms with E-state index < -0.39 is 50.4 Å². The molecule has 0 saturated carbocycles. The van der Waals surface area contributed by atoms with Gasteiger partial charge in [-0.05, 0) is 44.5 Å². The van der Waals surface area contributed by atoms with Crippen LogP contribution in [-0.4, -0.2) is 64.5 Å². The van der Waals surface area contributed by atoms with E-state index in [1.54, 1.807) is 0 Å². The molecule has 1 heterocycles. The van der Waals surface area contributed by atoms with Crippen molar-refractivity contribution in [3.63, 3.8) is 0 Å². The van der Waals surface area contributed by atoms with Gasteiger partial charge in [0.2, 0.25) is 0 Å². The van der Waals surface area contributed by atoms with Crippen molar-refractivity contribution in [3.05, 3.63) is 35.1 Å². The lowest BCUT2D eigenvalue weighted by Gasteiger charge is -2.35. The van der Waals surface area contributed by atoms with Crippen LogP contribution in [0.15, 0.2) is 40.1 Å². The molecule has 0 aromatic rings. The van der Waals surface area contributed by atoms with Crippen LogP contribution in [0.3, 0.4) is 0 Å². The zero-order valence-corrected chi connectivity index (χ0v) is 12.8. The normalized spacial score (nSPS) is 28.2. The molecule has 0 radical (unpaired) electrons. The molecule has 1 aliphatic carbocycles. The summed E-state index contributed by atoms with van der Waals surface area (Å²) in [6, 6.07) is 0. The first kappa shape index (κ1) is 11.3. The Morgan fingerprint density at radius 1 is 1.42 bits per heavy atom. The minimum Gasteiger partial charge on any atom is -0.481 e. The van der Waals surface area contributed by atoms with E-state index in [1.807, 2.05) is 0 Å². The van der Waals surface area contributed by atoms with E-state index in [0.717, 1.165) is 0 Å². The summed E-state index contributed by atoms with van der Waals surface area (Å²) in [7, 11) is 0. The lowest BCUT2D eigenvalue weighted by atomic mass is 9.73. The topological polar surface area (TPSA) is 110 Å². The van der Waals surface area contributed by atoms with Crippen LogP contribution < -0.4 is 0 Å². The van der Waals surface area contributed by atoms with Gasteiger partial charge in [0.05, 0.1) is 11.6 Å². The van der Waals surface area contributed by atoms with E-state index in [0.29, 0.717) is 4.90 Å². The maximum Gasteiger partial charge on any atom is 0.310 e. The van der Waals surface area contributed by atoms with Gasteiger partial charge in [-0.25, -0.2) is 0 Å². The van der Waals surface area contributed by atoms with Crippen LogP contribution in [-0.2, 0) is 9.59 Å².